The normalized spacial score (nSPS) is 9.71. The van der Waals surface area contributed by atoms with E-state index in [0.717, 1.165) is 16.1 Å². The van der Waals surface area contributed by atoms with Crippen molar-refractivity contribution in [2.24, 2.45) is 0 Å². The number of hydrogen-bond acceptors (Lipinski definition) is 3. The molecule has 0 saturated carbocycles. The maximum Gasteiger partial charge on any atom is 0.103 e. The van der Waals surface area contributed by atoms with Crippen molar-refractivity contribution >= 4 is 11.5 Å². The minimum absolute atomic E-state index is 0.696. The lowest BCUT2D eigenvalue weighted by atomic mass is 10.1. The largest absolute Gasteiger partial charge is 0.192 e. The average molecular weight is 200 g/mol. The summed E-state index contributed by atoms with van der Waals surface area (Å²) in [7, 11) is 0. The smallest absolute Gasteiger partial charge is 0.103 e. The first-order chi connectivity index (χ1) is 6.83. The van der Waals surface area contributed by atoms with Crippen LogP contribution in [0.25, 0.3) is 11.3 Å². The van der Waals surface area contributed by atoms with E-state index in [1.54, 1.807) is 0 Å². The molecule has 1 aromatic carbocycles. The molecule has 0 aliphatic carbocycles. The Bertz CT molecular complexity index is 480. The molecule has 2 aromatic rings. The highest BCUT2D eigenvalue weighted by Crippen LogP contribution is 2.26. The van der Waals surface area contributed by atoms with Crippen LogP contribution in [0.2, 0.25) is 0 Å². The SMILES string of the molecule is Cc1snc(-c2ccccc2)c1C#N. The summed E-state index contributed by atoms with van der Waals surface area (Å²) in [5.74, 6) is 0. The number of nitrogens with zero attached hydrogens (tertiary/aromatic N) is 2. The second kappa shape index (κ2) is 3.60. The number of aromatic nitrogens is 1. The molecule has 0 fully saturated rings. The number of nitriles is 1. The summed E-state index contributed by atoms with van der Waals surface area (Å²) in [6, 6.07) is 12.0. The van der Waals surface area contributed by atoms with Crippen molar-refractivity contribution in [1.82, 2.24) is 4.37 Å². The Morgan fingerprint density at radius 1 is 1.29 bits per heavy atom. The van der Waals surface area contributed by atoms with Gasteiger partial charge in [0.15, 0.2) is 0 Å². The van der Waals surface area contributed by atoms with E-state index in [2.05, 4.69) is 10.4 Å². The average Bonchev–Trinajstić information content (AvgIpc) is 2.61. The molecule has 14 heavy (non-hydrogen) atoms. The summed E-state index contributed by atoms with van der Waals surface area (Å²) in [6.45, 7) is 1.92. The summed E-state index contributed by atoms with van der Waals surface area (Å²) >= 11 is 1.38. The lowest BCUT2D eigenvalue weighted by molar-refractivity contribution is 1.43. The summed E-state index contributed by atoms with van der Waals surface area (Å²) in [6.07, 6.45) is 0. The van der Waals surface area contributed by atoms with Gasteiger partial charge in [-0.3, -0.25) is 0 Å². The van der Waals surface area contributed by atoms with E-state index in [1.807, 2.05) is 37.3 Å². The molecule has 0 atom stereocenters. The predicted octanol–water partition coefficient (Wildman–Crippen LogP) is 2.99. The number of aryl methyl sites for hydroxylation is 1. The molecule has 0 spiro atoms. The van der Waals surface area contributed by atoms with E-state index in [9.17, 15) is 0 Å². The Labute approximate surface area is 86.6 Å². The van der Waals surface area contributed by atoms with Crippen LogP contribution in [-0.2, 0) is 0 Å². The van der Waals surface area contributed by atoms with Crippen LogP contribution >= 0.6 is 11.5 Å². The quantitative estimate of drug-likeness (QED) is 0.709. The molecule has 0 bridgehead atoms. The highest BCUT2D eigenvalue weighted by atomic mass is 32.1. The Morgan fingerprint density at radius 2 is 2.00 bits per heavy atom. The molecule has 0 unspecified atom stereocenters. The molecule has 0 radical (unpaired) electrons. The van der Waals surface area contributed by atoms with Gasteiger partial charge in [-0.25, -0.2) is 0 Å². The van der Waals surface area contributed by atoms with Crippen molar-refractivity contribution in [3.63, 3.8) is 0 Å². The van der Waals surface area contributed by atoms with Crippen LogP contribution in [0.1, 0.15) is 10.4 Å². The van der Waals surface area contributed by atoms with Gasteiger partial charge in [0, 0.05) is 10.4 Å². The number of benzene rings is 1. The third-order valence-corrected chi connectivity index (χ3v) is 2.77. The first-order valence-electron chi connectivity index (χ1n) is 4.24. The van der Waals surface area contributed by atoms with Crippen molar-refractivity contribution in [3.8, 4) is 17.3 Å². The van der Waals surface area contributed by atoms with E-state index in [1.165, 1.54) is 11.5 Å². The maximum absolute atomic E-state index is 8.97. The zero-order valence-electron chi connectivity index (χ0n) is 7.69. The standard InChI is InChI=1S/C11H8N2S/c1-8-10(7-12)11(13-14-8)9-5-3-2-4-6-9/h2-6H,1H3. The van der Waals surface area contributed by atoms with E-state index >= 15 is 0 Å². The topological polar surface area (TPSA) is 36.7 Å². The molecular formula is C11H8N2S. The fraction of sp³-hybridized carbons (Fsp3) is 0.0909. The fourth-order valence-electron chi connectivity index (χ4n) is 1.30. The van der Waals surface area contributed by atoms with Crippen molar-refractivity contribution < 1.29 is 0 Å². The third-order valence-electron chi connectivity index (χ3n) is 2.02. The summed E-state index contributed by atoms with van der Waals surface area (Å²) < 4.78 is 4.28. The lowest BCUT2D eigenvalue weighted by Gasteiger charge is -1.95. The molecule has 0 aliphatic heterocycles. The van der Waals surface area contributed by atoms with Crippen molar-refractivity contribution in [3.05, 3.63) is 40.8 Å². The maximum atomic E-state index is 8.97. The van der Waals surface area contributed by atoms with Crippen LogP contribution in [0.4, 0.5) is 0 Å². The Kier molecular flexibility index (Phi) is 2.30. The third kappa shape index (κ3) is 1.40. The highest BCUT2D eigenvalue weighted by Gasteiger charge is 2.10. The van der Waals surface area contributed by atoms with Crippen LogP contribution in [0.5, 0.6) is 0 Å². The van der Waals surface area contributed by atoms with Crippen LogP contribution in [0.3, 0.4) is 0 Å². The molecule has 2 nitrogen and oxygen atoms in total. The van der Waals surface area contributed by atoms with Gasteiger partial charge in [0.2, 0.25) is 0 Å². The van der Waals surface area contributed by atoms with Gasteiger partial charge in [0.1, 0.15) is 11.8 Å². The zero-order chi connectivity index (χ0) is 9.97. The summed E-state index contributed by atoms with van der Waals surface area (Å²) in [5.41, 5.74) is 2.50. The molecular weight excluding hydrogens is 192 g/mol. The minimum Gasteiger partial charge on any atom is -0.192 e. The zero-order valence-corrected chi connectivity index (χ0v) is 8.51. The highest BCUT2D eigenvalue weighted by molar-refractivity contribution is 7.06. The lowest BCUT2D eigenvalue weighted by Crippen LogP contribution is -1.81. The second-order valence-corrected chi connectivity index (χ2v) is 3.92. The van der Waals surface area contributed by atoms with Crippen molar-refractivity contribution in [2.75, 3.05) is 0 Å². The van der Waals surface area contributed by atoms with Gasteiger partial charge in [0.25, 0.3) is 0 Å². The molecule has 2 rings (SSSR count). The Morgan fingerprint density at radius 3 is 2.64 bits per heavy atom. The van der Waals surface area contributed by atoms with Gasteiger partial charge in [-0.15, -0.1) is 0 Å². The van der Waals surface area contributed by atoms with Gasteiger partial charge in [-0.1, -0.05) is 30.3 Å². The molecule has 3 heteroatoms. The molecule has 1 heterocycles. The van der Waals surface area contributed by atoms with E-state index in [-0.39, 0.29) is 0 Å². The number of rotatable bonds is 1. The van der Waals surface area contributed by atoms with Crippen molar-refractivity contribution in [1.29, 1.82) is 5.26 Å². The summed E-state index contributed by atoms with van der Waals surface area (Å²) in [4.78, 5) is 0.978. The Hall–Kier alpha value is -1.66. The van der Waals surface area contributed by atoms with E-state index in [4.69, 9.17) is 5.26 Å². The molecule has 68 valence electrons. The van der Waals surface area contributed by atoms with Crippen molar-refractivity contribution in [2.45, 2.75) is 6.92 Å². The number of hydrogen-bond donors (Lipinski definition) is 0. The first kappa shape index (κ1) is 8.92. The predicted molar refractivity (Wildman–Crippen MR) is 57.0 cm³/mol. The fourth-order valence-corrected chi connectivity index (χ4v) is 1.96. The van der Waals surface area contributed by atoms with E-state index < -0.39 is 0 Å². The monoisotopic (exact) mass is 200 g/mol. The van der Waals surface area contributed by atoms with Crippen LogP contribution in [-0.4, -0.2) is 4.37 Å². The summed E-state index contributed by atoms with van der Waals surface area (Å²) in [5, 5.41) is 8.97. The Balaban J connectivity index is 2.59. The molecule has 0 saturated heterocycles. The molecule has 0 N–H and O–H groups in total. The second-order valence-electron chi connectivity index (χ2n) is 2.94. The van der Waals surface area contributed by atoms with Crippen LogP contribution in [0, 0.1) is 18.3 Å². The van der Waals surface area contributed by atoms with Gasteiger partial charge in [0.05, 0.1) is 5.56 Å². The van der Waals surface area contributed by atoms with Gasteiger partial charge >= 0.3 is 0 Å². The van der Waals surface area contributed by atoms with Crippen LogP contribution < -0.4 is 0 Å². The molecule has 1 aromatic heterocycles. The van der Waals surface area contributed by atoms with E-state index in [0.29, 0.717) is 5.56 Å². The van der Waals surface area contributed by atoms with Gasteiger partial charge in [-0.2, -0.15) is 9.64 Å². The molecule has 0 aliphatic rings. The van der Waals surface area contributed by atoms with Gasteiger partial charge in [-0.05, 0) is 18.5 Å². The molecule has 0 amide bonds. The minimum atomic E-state index is 0.696. The van der Waals surface area contributed by atoms with Gasteiger partial charge < -0.3 is 0 Å². The first-order valence-corrected chi connectivity index (χ1v) is 5.02. The van der Waals surface area contributed by atoms with Crippen LogP contribution in [0.15, 0.2) is 30.3 Å².